The van der Waals surface area contributed by atoms with Gasteiger partial charge in [-0.05, 0) is 51.1 Å². The lowest BCUT2D eigenvalue weighted by atomic mass is 9.93. The van der Waals surface area contributed by atoms with Crippen LogP contribution in [0, 0.1) is 12.8 Å². The third-order valence-electron chi connectivity index (χ3n) is 6.52. The maximum Gasteiger partial charge on any atom is 0.224 e. The number of nitrogens with zero attached hydrogens (tertiary/aromatic N) is 4. The van der Waals surface area contributed by atoms with Crippen LogP contribution in [0.4, 0.5) is 5.82 Å². The van der Waals surface area contributed by atoms with Crippen molar-refractivity contribution < 1.29 is 4.79 Å². The fraction of sp³-hybridized carbons (Fsp3) is 0.542. The summed E-state index contributed by atoms with van der Waals surface area (Å²) in [6, 6.07) is 10.9. The third kappa shape index (κ3) is 5.17. The molecular weight excluding hydrogens is 374 g/mol. The molecule has 1 N–H and O–H groups in total. The molecule has 1 atom stereocenters. The number of aryl methyl sites for hydroxylation is 1. The molecule has 4 rings (SSSR count). The normalized spacial score (nSPS) is 20.8. The highest BCUT2D eigenvalue weighted by atomic mass is 16.1. The van der Waals surface area contributed by atoms with E-state index in [1.165, 1.54) is 5.56 Å². The first-order valence-electron chi connectivity index (χ1n) is 11.3. The van der Waals surface area contributed by atoms with Crippen LogP contribution in [0.5, 0.6) is 0 Å². The molecule has 2 aliphatic heterocycles. The minimum Gasteiger partial charge on any atom is -0.355 e. The van der Waals surface area contributed by atoms with Gasteiger partial charge in [-0.3, -0.25) is 14.7 Å². The summed E-state index contributed by atoms with van der Waals surface area (Å²) in [5.41, 5.74) is 2.27. The summed E-state index contributed by atoms with van der Waals surface area (Å²) >= 11 is 0. The highest BCUT2D eigenvalue weighted by molar-refractivity contribution is 5.79. The van der Waals surface area contributed by atoms with Gasteiger partial charge in [0.25, 0.3) is 0 Å². The molecule has 0 aliphatic carbocycles. The molecule has 6 nitrogen and oxygen atoms in total. The fourth-order valence-corrected chi connectivity index (χ4v) is 4.82. The lowest BCUT2D eigenvalue weighted by Gasteiger charge is -2.42. The van der Waals surface area contributed by atoms with Crippen LogP contribution < -0.4 is 10.2 Å². The topological polar surface area (TPSA) is 61.4 Å². The van der Waals surface area contributed by atoms with Crippen LogP contribution in [0.1, 0.15) is 36.9 Å². The van der Waals surface area contributed by atoms with E-state index in [0.717, 1.165) is 76.3 Å². The Kier molecular flexibility index (Phi) is 6.95. The van der Waals surface area contributed by atoms with E-state index < -0.39 is 0 Å². The van der Waals surface area contributed by atoms with E-state index in [4.69, 9.17) is 0 Å². The van der Waals surface area contributed by atoms with E-state index in [0.29, 0.717) is 6.04 Å². The highest BCUT2D eigenvalue weighted by Gasteiger charge is 2.32. The molecule has 6 heteroatoms. The van der Waals surface area contributed by atoms with Crippen molar-refractivity contribution in [3.05, 3.63) is 54.0 Å². The van der Waals surface area contributed by atoms with Crippen LogP contribution in [-0.4, -0.2) is 59.5 Å². The van der Waals surface area contributed by atoms with Gasteiger partial charge in [0, 0.05) is 44.6 Å². The van der Waals surface area contributed by atoms with Gasteiger partial charge < -0.3 is 10.2 Å². The molecule has 2 aliphatic rings. The number of nitrogens with one attached hydrogen (secondary N) is 1. The minimum absolute atomic E-state index is 0.120. The smallest absolute Gasteiger partial charge is 0.224 e. The minimum atomic E-state index is 0.120. The Morgan fingerprint density at radius 2 is 1.83 bits per heavy atom. The van der Waals surface area contributed by atoms with Crippen molar-refractivity contribution in [3.8, 4) is 0 Å². The monoisotopic (exact) mass is 407 g/mol. The SMILES string of the molecule is Cc1nccnc1N1CCC(N2CCCC(C(=O)NCCc3ccccc3)C2)CC1. The van der Waals surface area contributed by atoms with Gasteiger partial charge in [-0.1, -0.05) is 30.3 Å². The van der Waals surface area contributed by atoms with Gasteiger partial charge >= 0.3 is 0 Å². The van der Waals surface area contributed by atoms with E-state index >= 15 is 0 Å². The van der Waals surface area contributed by atoms with Crippen molar-refractivity contribution in [3.63, 3.8) is 0 Å². The number of aromatic nitrogens is 2. The standard InChI is InChI=1S/C24H33N5O/c1-19-23(26-14-13-25-19)28-16-10-22(11-17-28)29-15-5-8-21(18-29)24(30)27-12-9-20-6-3-2-4-7-20/h2-4,6-7,13-14,21-22H,5,8-12,15-18H2,1H3,(H,27,30). The largest absolute Gasteiger partial charge is 0.355 e. The second kappa shape index (κ2) is 10.0. The van der Waals surface area contributed by atoms with Crippen LogP contribution in [0.2, 0.25) is 0 Å². The first-order chi connectivity index (χ1) is 14.7. The van der Waals surface area contributed by atoms with Gasteiger partial charge in [-0.25, -0.2) is 4.98 Å². The van der Waals surface area contributed by atoms with Crippen molar-refractivity contribution >= 4 is 11.7 Å². The Labute approximate surface area is 179 Å². The van der Waals surface area contributed by atoms with Gasteiger partial charge in [0.15, 0.2) is 0 Å². The van der Waals surface area contributed by atoms with Crippen LogP contribution in [0.25, 0.3) is 0 Å². The fourth-order valence-electron chi connectivity index (χ4n) is 4.82. The maximum atomic E-state index is 12.7. The molecule has 2 saturated heterocycles. The molecule has 0 spiro atoms. The van der Waals surface area contributed by atoms with Crippen LogP contribution in [-0.2, 0) is 11.2 Å². The summed E-state index contributed by atoms with van der Waals surface area (Å²) in [7, 11) is 0. The zero-order valence-corrected chi connectivity index (χ0v) is 18.0. The number of likely N-dealkylation sites (tertiary alicyclic amines) is 1. The summed E-state index contributed by atoms with van der Waals surface area (Å²) in [5.74, 6) is 1.36. The van der Waals surface area contributed by atoms with Crippen molar-refractivity contribution in [1.29, 1.82) is 0 Å². The second-order valence-electron chi connectivity index (χ2n) is 8.54. The van der Waals surface area contributed by atoms with E-state index in [2.05, 4.69) is 37.2 Å². The predicted octanol–water partition coefficient (Wildman–Crippen LogP) is 2.82. The van der Waals surface area contributed by atoms with Crippen LogP contribution in [0.3, 0.4) is 0 Å². The zero-order valence-electron chi connectivity index (χ0n) is 18.0. The molecule has 0 saturated carbocycles. The summed E-state index contributed by atoms with van der Waals surface area (Å²) in [6.45, 7) is 6.77. The number of hydrogen-bond donors (Lipinski definition) is 1. The highest BCUT2D eigenvalue weighted by Crippen LogP contribution is 2.26. The maximum absolute atomic E-state index is 12.7. The van der Waals surface area contributed by atoms with E-state index in [1.54, 1.807) is 12.4 Å². The van der Waals surface area contributed by atoms with E-state index in [-0.39, 0.29) is 11.8 Å². The zero-order chi connectivity index (χ0) is 20.8. The van der Waals surface area contributed by atoms with Crippen molar-refractivity contribution in [2.45, 2.75) is 45.1 Å². The summed E-state index contributed by atoms with van der Waals surface area (Å²) in [4.78, 5) is 26.5. The molecule has 2 fully saturated rings. The number of piperidine rings is 2. The molecule has 160 valence electrons. The number of rotatable bonds is 6. The Morgan fingerprint density at radius 3 is 2.60 bits per heavy atom. The number of benzene rings is 1. The molecule has 3 heterocycles. The molecule has 1 unspecified atom stereocenters. The average molecular weight is 408 g/mol. The second-order valence-corrected chi connectivity index (χ2v) is 8.54. The van der Waals surface area contributed by atoms with Crippen LogP contribution in [0.15, 0.2) is 42.7 Å². The molecule has 30 heavy (non-hydrogen) atoms. The lowest BCUT2D eigenvalue weighted by Crippen LogP contribution is -2.51. The van der Waals surface area contributed by atoms with Gasteiger partial charge in [0.05, 0.1) is 11.6 Å². The summed E-state index contributed by atoms with van der Waals surface area (Å²) in [5, 5.41) is 3.17. The van der Waals surface area contributed by atoms with E-state index in [1.807, 2.05) is 25.1 Å². The molecular formula is C24H33N5O. The van der Waals surface area contributed by atoms with Crippen molar-refractivity contribution in [2.24, 2.45) is 5.92 Å². The third-order valence-corrected chi connectivity index (χ3v) is 6.52. The number of hydrogen-bond acceptors (Lipinski definition) is 5. The molecule has 0 bridgehead atoms. The molecule has 1 amide bonds. The Balaban J connectivity index is 1.24. The predicted molar refractivity (Wildman–Crippen MR) is 119 cm³/mol. The molecule has 0 radical (unpaired) electrons. The number of carbonyl (C=O) groups is 1. The van der Waals surface area contributed by atoms with Gasteiger partial charge in [-0.2, -0.15) is 0 Å². The number of amides is 1. The molecule has 1 aromatic carbocycles. The number of anilines is 1. The Hall–Kier alpha value is -2.47. The van der Waals surface area contributed by atoms with Crippen LogP contribution >= 0.6 is 0 Å². The first-order valence-corrected chi connectivity index (χ1v) is 11.3. The summed E-state index contributed by atoms with van der Waals surface area (Å²) < 4.78 is 0. The quantitative estimate of drug-likeness (QED) is 0.798. The average Bonchev–Trinajstić information content (AvgIpc) is 2.80. The lowest BCUT2D eigenvalue weighted by molar-refractivity contribution is -0.127. The van der Waals surface area contributed by atoms with Crippen molar-refractivity contribution in [2.75, 3.05) is 37.6 Å². The van der Waals surface area contributed by atoms with Gasteiger partial charge in [-0.15, -0.1) is 0 Å². The first kappa shape index (κ1) is 20.8. The van der Waals surface area contributed by atoms with Gasteiger partial charge in [0.1, 0.15) is 5.82 Å². The van der Waals surface area contributed by atoms with Crippen molar-refractivity contribution in [1.82, 2.24) is 20.2 Å². The Morgan fingerprint density at radius 1 is 1.07 bits per heavy atom. The Bertz CT molecular complexity index is 819. The van der Waals surface area contributed by atoms with Gasteiger partial charge in [0.2, 0.25) is 5.91 Å². The molecule has 1 aromatic heterocycles. The summed E-state index contributed by atoms with van der Waals surface area (Å²) in [6.07, 6.45) is 8.79. The number of carbonyl (C=O) groups excluding carboxylic acids is 1. The van der Waals surface area contributed by atoms with E-state index in [9.17, 15) is 4.79 Å². The molecule has 2 aromatic rings.